The molecule has 0 aliphatic heterocycles. The molecule has 0 amide bonds. The minimum absolute atomic E-state index is 0.158. The molecule has 0 aliphatic carbocycles. The molecule has 0 aromatic carbocycles. The molecule has 0 saturated carbocycles. The second-order valence-electron chi connectivity index (χ2n) is 6.28. The van der Waals surface area contributed by atoms with Crippen molar-refractivity contribution in [2.24, 2.45) is 0 Å². The van der Waals surface area contributed by atoms with Crippen molar-refractivity contribution in [2.45, 2.75) is 83.6 Å². The molecule has 2 N–H and O–H groups in total. The van der Waals surface area contributed by atoms with Crippen molar-refractivity contribution in [3.63, 3.8) is 0 Å². The highest BCUT2D eigenvalue weighted by atomic mass is 16.3. The monoisotopic (exact) mass is 313 g/mol. The summed E-state index contributed by atoms with van der Waals surface area (Å²) in [6, 6.07) is 0.418. The van der Waals surface area contributed by atoms with Crippen LogP contribution in [0.2, 0.25) is 0 Å². The Bertz CT molecular complexity index is 227. The predicted molar refractivity (Wildman–Crippen MR) is 96.2 cm³/mol. The van der Waals surface area contributed by atoms with Crippen LogP contribution in [-0.2, 0) is 0 Å². The third-order valence-electron chi connectivity index (χ3n) is 4.37. The zero-order valence-electron chi connectivity index (χ0n) is 14.8. The highest BCUT2D eigenvalue weighted by Crippen LogP contribution is 2.16. The van der Waals surface area contributed by atoms with Crippen LogP contribution in [0.3, 0.4) is 0 Å². The summed E-state index contributed by atoms with van der Waals surface area (Å²) in [5, 5.41) is 18.3. The van der Waals surface area contributed by atoms with E-state index in [-0.39, 0.29) is 13.2 Å². The molecule has 132 valence electrons. The Morgan fingerprint density at radius 3 is 1.82 bits per heavy atom. The molecule has 3 nitrogen and oxygen atoms in total. The number of aliphatic hydroxyl groups excluding tert-OH is 2. The SMILES string of the molecule is C=CCC(CCCCCCCCCCC)N(CCO)CCO. The lowest BCUT2D eigenvalue weighted by Gasteiger charge is -2.30. The van der Waals surface area contributed by atoms with Crippen molar-refractivity contribution in [1.29, 1.82) is 0 Å². The van der Waals surface area contributed by atoms with Crippen LogP contribution in [0.25, 0.3) is 0 Å². The minimum atomic E-state index is 0.158. The van der Waals surface area contributed by atoms with Gasteiger partial charge in [0.2, 0.25) is 0 Å². The van der Waals surface area contributed by atoms with Gasteiger partial charge in [-0.3, -0.25) is 4.90 Å². The van der Waals surface area contributed by atoms with Crippen molar-refractivity contribution in [3.05, 3.63) is 12.7 Å². The fourth-order valence-electron chi connectivity index (χ4n) is 3.07. The third-order valence-corrected chi connectivity index (χ3v) is 4.37. The number of unbranched alkanes of at least 4 members (excludes halogenated alkanes) is 8. The van der Waals surface area contributed by atoms with E-state index in [1.54, 1.807) is 0 Å². The largest absolute Gasteiger partial charge is 0.395 e. The summed E-state index contributed by atoms with van der Waals surface area (Å²) in [4.78, 5) is 2.20. The molecular weight excluding hydrogens is 274 g/mol. The minimum Gasteiger partial charge on any atom is -0.395 e. The first-order chi connectivity index (χ1) is 10.8. The van der Waals surface area contributed by atoms with Crippen LogP contribution in [0.5, 0.6) is 0 Å². The van der Waals surface area contributed by atoms with Crippen molar-refractivity contribution in [1.82, 2.24) is 4.90 Å². The number of rotatable bonds is 17. The molecular formula is C19H39NO2. The topological polar surface area (TPSA) is 43.7 Å². The van der Waals surface area contributed by atoms with Gasteiger partial charge in [0.25, 0.3) is 0 Å². The quantitative estimate of drug-likeness (QED) is 0.313. The second kappa shape index (κ2) is 17.0. The molecule has 0 fully saturated rings. The first-order valence-electron chi connectivity index (χ1n) is 9.36. The number of hydrogen-bond acceptors (Lipinski definition) is 3. The molecule has 0 bridgehead atoms. The normalized spacial score (nSPS) is 12.7. The molecule has 0 spiro atoms. The summed E-state index contributed by atoms with van der Waals surface area (Å²) in [7, 11) is 0. The van der Waals surface area contributed by atoms with Gasteiger partial charge < -0.3 is 10.2 Å². The van der Waals surface area contributed by atoms with E-state index in [2.05, 4.69) is 18.4 Å². The van der Waals surface area contributed by atoms with Gasteiger partial charge in [0.1, 0.15) is 0 Å². The van der Waals surface area contributed by atoms with Gasteiger partial charge in [0.05, 0.1) is 13.2 Å². The van der Waals surface area contributed by atoms with E-state index < -0.39 is 0 Å². The van der Waals surface area contributed by atoms with Gasteiger partial charge in [-0.15, -0.1) is 6.58 Å². The van der Waals surface area contributed by atoms with Crippen molar-refractivity contribution in [2.75, 3.05) is 26.3 Å². The van der Waals surface area contributed by atoms with Gasteiger partial charge >= 0.3 is 0 Å². The molecule has 0 rings (SSSR count). The first-order valence-corrected chi connectivity index (χ1v) is 9.36. The van der Waals surface area contributed by atoms with E-state index in [4.69, 9.17) is 10.2 Å². The van der Waals surface area contributed by atoms with Crippen LogP contribution in [0.4, 0.5) is 0 Å². The molecule has 0 aromatic heterocycles. The average Bonchev–Trinajstić information content (AvgIpc) is 2.52. The van der Waals surface area contributed by atoms with Crippen molar-refractivity contribution < 1.29 is 10.2 Å². The standard InChI is InChI=1S/C19H39NO2/c1-3-5-6-7-8-9-10-11-12-14-19(13-4-2)20(15-17-21)16-18-22/h4,19,21-22H,2-3,5-18H2,1H3. The lowest BCUT2D eigenvalue weighted by molar-refractivity contribution is 0.116. The highest BCUT2D eigenvalue weighted by Gasteiger charge is 2.15. The molecule has 3 heteroatoms. The van der Waals surface area contributed by atoms with Crippen LogP contribution in [-0.4, -0.2) is 47.5 Å². The van der Waals surface area contributed by atoms with E-state index in [0.29, 0.717) is 19.1 Å². The Morgan fingerprint density at radius 1 is 0.864 bits per heavy atom. The Balaban J connectivity index is 3.77. The lowest BCUT2D eigenvalue weighted by atomic mass is 10.0. The molecule has 0 aromatic rings. The van der Waals surface area contributed by atoms with E-state index in [9.17, 15) is 0 Å². The Kier molecular flexibility index (Phi) is 16.7. The predicted octanol–water partition coefficient (Wildman–Crippen LogP) is 4.14. The fourth-order valence-corrected chi connectivity index (χ4v) is 3.07. The van der Waals surface area contributed by atoms with Crippen LogP contribution in [0, 0.1) is 0 Å². The number of nitrogens with zero attached hydrogens (tertiary/aromatic N) is 1. The molecule has 1 atom stereocenters. The lowest BCUT2D eigenvalue weighted by Crippen LogP contribution is -2.39. The Hall–Kier alpha value is -0.380. The third kappa shape index (κ3) is 12.2. The van der Waals surface area contributed by atoms with Crippen LogP contribution in [0.1, 0.15) is 77.6 Å². The zero-order valence-corrected chi connectivity index (χ0v) is 14.8. The van der Waals surface area contributed by atoms with E-state index in [1.807, 2.05) is 6.08 Å². The van der Waals surface area contributed by atoms with Crippen molar-refractivity contribution in [3.8, 4) is 0 Å². The second-order valence-corrected chi connectivity index (χ2v) is 6.28. The summed E-state index contributed by atoms with van der Waals surface area (Å²) < 4.78 is 0. The van der Waals surface area contributed by atoms with Gasteiger partial charge in [0.15, 0.2) is 0 Å². The average molecular weight is 314 g/mol. The van der Waals surface area contributed by atoms with Crippen LogP contribution >= 0.6 is 0 Å². The Labute approximate surface area is 138 Å². The highest BCUT2D eigenvalue weighted by molar-refractivity contribution is 4.80. The van der Waals surface area contributed by atoms with Gasteiger partial charge in [-0.2, -0.15) is 0 Å². The molecule has 22 heavy (non-hydrogen) atoms. The van der Waals surface area contributed by atoms with E-state index in [0.717, 1.165) is 12.8 Å². The summed E-state index contributed by atoms with van der Waals surface area (Å²) in [6.45, 7) is 7.72. The van der Waals surface area contributed by atoms with Gasteiger partial charge in [-0.05, 0) is 12.8 Å². The molecule has 0 saturated heterocycles. The van der Waals surface area contributed by atoms with Crippen LogP contribution in [0.15, 0.2) is 12.7 Å². The van der Waals surface area contributed by atoms with E-state index in [1.165, 1.54) is 57.8 Å². The molecule has 0 heterocycles. The summed E-state index contributed by atoms with van der Waals surface area (Å²) in [6.07, 6.45) is 16.2. The number of hydrogen-bond donors (Lipinski definition) is 2. The van der Waals surface area contributed by atoms with Gasteiger partial charge in [0, 0.05) is 19.1 Å². The summed E-state index contributed by atoms with van der Waals surface area (Å²) in [5.41, 5.74) is 0. The summed E-state index contributed by atoms with van der Waals surface area (Å²) >= 11 is 0. The Morgan fingerprint density at radius 2 is 1.36 bits per heavy atom. The van der Waals surface area contributed by atoms with Gasteiger partial charge in [-0.1, -0.05) is 70.8 Å². The molecule has 0 aliphatic rings. The smallest absolute Gasteiger partial charge is 0.0558 e. The summed E-state index contributed by atoms with van der Waals surface area (Å²) in [5.74, 6) is 0. The fraction of sp³-hybridized carbons (Fsp3) is 0.895. The van der Waals surface area contributed by atoms with Crippen molar-refractivity contribution >= 4 is 0 Å². The maximum absolute atomic E-state index is 9.16. The first kappa shape index (κ1) is 21.6. The number of aliphatic hydroxyl groups is 2. The molecule has 1 unspecified atom stereocenters. The zero-order chi connectivity index (χ0) is 16.5. The molecule has 0 radical (unpaired) electrons. The maximum Gasteiger partial charge on any atom is 0.0558 e. The van der Waals surface area contributed by atoms with Gasteiger partial charge in [-0.25, -0.2) is 0 Å². The van der Waals surface area contributed by atoms with E-state index >= 15 is 0 Å². The maximum atomic E-state index is 9.16. The van der Waals surface area contributed by atoms with Crippen LogP contribution < -0.4 is 0 Å².